The minimum absolute atomic E-state index is 0.00875. The molecule has 0 fully saturated rings. The van der Waals surface area contributed by atoms with Gasteiger partial charge in [0.2, 0.25) is 0 Å². The molecule has 1 aromatic heterocycles. The molecule has 5 aromatic carbocycles. The van der Waals surface area contributed by atoms with Crippen molar-refractivity contribution in [2.24, 2.45) is 0 Å². The fourth-order valence-corrected chi connectivity index (χ4v) is 9.45. The lowest BCUT2D eigenvalue weighted by molar-refractivity contribution is -0.597. The zero-order chi connectivity index (χ0) is 35.5. The third-order valence-corrected chi connectivity index (χ3v) is 12.0. The fraction of sp³-hybridized carbons (Fsp3) is 0.261. The van der Waals surface area contributed by atoms with Gasteiger partial charge in [0.1, 0.15) is 17.6 Å². The zero-order valence-electron chi connectivity index (χ0n) is 30.8. The van der Waals surface area contributed by atoms with Crippen LogP contribution in [0.25, 0.3) is 11.4 Å². The van der Waals surface area contributed by atoms with Crippen LogP contribution in [0.4, 0.5) is 0 Å². The summed E-state index contributed by atoms with van der Waals surface area (Å²) in [6.45, 7) is 18.1. The molecule has 1 heterocycles. The smallest absolute Gasteiger partial charge is 0.280 e. The maximum absolute atomic E-state index is 15.4. The van der Waals surface area contributed by atoms with E-state index in [2.05, 4.69) is 168 Å². The Kier molecular flexibility index (Phi) is 10.7. The normalized spacial score (nSPS) is 11.8. The van der Waals surface area contributed by atoms with Gasteiger partial charge in [-0.05, 0) is 34.3 Å². The Bertz CT molecular complexity index is 1980. The van der Waals surface area contributed by atoms with Crippen molar-refractivity contribution in [2.75, 3.05) is 0 Å². The summed E-state index contributed by atoms with van der Waals surface area (Å²) < 4.78 is 4.66. The van der Waals surface area contributed by atoms with Gasteiger partial charge in [0.15, 0.2) is 5.44 Å². The first-order chi connectivity index (χ1) is 24.1. The van der Waals surface area contributed by atoms with Gasteiger partial charge in [0.05, 0.1) is 0 Å². The number of aromatic nitrogens is 2. The van der Waals surface area contributed by atoms with Crippen molar-refractivity contribution in [3.63, 3.8) is 0 Å². The van der Waals surface area contributed by atoms with E-state index >= 15 is 4.79 Å². The second-order valence-electron chi connectivity index (χ2n) is 14.4. The van der Waals surface area contributed by atoms with E-state index in [9.17, 15) is 0 Å². The molecule has 4 heteroatoms. The maximum Gasteiger partial charge on any atom is 0.341 e. The molecule has 6 rings (SSSR count). The number of carbonyl (C=O) groups is 1. The van der Waals surface area contributed by atoms with E-state index < -0.39 is 7.92 Å². The number of carbonyl (C=O) groups excluding carboxylic acids is 1. The Morgan fingerprint density at radius 1 is 0.520 bits per heavy atom. The highest BCUT2D eigenvalue weighted by atomic mass is 31.1. The summed E-state index contributed by atoms with van der Waals surface area (Å²) in [6, 6.07) is 44.9. The van der Waals surface area contributed by atoms with Crippen molar-refractivity contribution in [3.05, 3.63) is 167 Å². The summed E-state index contributed by atoms with van der Waals surface area (Å²) >= 11 is 0. The average Bonchev–Trinajstić information content (AvgIpc) is 3.51. The number of nitrogens with zero attached hydrogens (tertiary/aromatic N) is 2. The first-order valence-corrected chi connectivity index (χ1v) is 19.4. The number of hydrogen-bond donors (Lipinski definition) is 0. The highest BCUT2D eigenvalue weighted by Crippen LogP contribution is 2.39. The van der Waals surface area contributed by atoms with Crippen molar-refractivity contribution in [1.29, 1.82) is 0 Å². The van der Waals surface area contributed by atoms with Crippen LogP contribution in [0.1, 0.15) is 117 Å². The standard InChI is InChI=1S/C46H50N2OP/c1-31(2)38-26-18-27-39(32(3)4)43(38)47-30-42(50(36-22-14-10-15-23-36)37-24-16-11-17-25-37)48(46(47)45(49)35-20-12-9-13-21-35)44-40(33(5)6)28-19-29-41(44)34(7)8/h9-34H,1-8H3/q+1. The lowest BCUT2D eigenvalue weighted by Crippen LogP contribution is -2.40. The van der Waals surface area contributed by atoms with E-state index in [1.807, 2.05) is 30.3 Å². The third kappa shape index (κ3) is 6.77. The molecule has 0 unspecified atom stereocenters. The second kappa shape index (κ2) is 15.1. The maximum atomic E-state index is 15.4. The summed E-state index contributed by atoms with van der Waals surface area (Å²) in [5, 5.41) is 2.49. The third-order valence-electron chi connectivity index (χ3n) is 9.56. The van der Waals surface area contributed by atoms with Crippen LogP contribution in [-0.4, -0.2) is 10.4 Å². The van der Waals surface area contributed by atoms with E-state index in [1.54, 1.807) is 0 Å². The number of rotatable bonds is 11. The number of hydrogen-bond acceptors (Lipinski definition) is 1. The van der Waals surface area contributed by atoms with Gasteiger partial charge in [-0.2, -0.15) is 9.13 Å². The molecule has 6 aromatic rings. The predicted octanol–water partition coefficient (Wildman–Crippen LogP) is 10.2. The highest BCUT2D eigenvalue weighted by Gasteiger charge is 2.40. The van der Waals surface area contributed by atoms with Gasteiger partial charge < -0.3 is 0 Å². The SMILES string of the molecule is CC(C)c1cccc(C(C)C)c1-n1c(P(c2ccccc2)c2ccccc2)c[n+](-c2c(C(C)C)cccc2C(C)C)c1C(=O)c1ccccc1. The molecule has 0 aliphatic carbocycles. The summed E-state index contributed by atoms with van der Waals surface area (Å²) in [6.07, 6.45) is 2.32. The van der Waals surface area contributed by atoms with E-state index in [4.69, 9.17) is 0 Å². The quantitative estimate of drug-likeness (QED) is 0.0762. The van der Waals surface area contributed by atoms with Gasteiger partial charge in [0.25, 0.3) is 5.78 Å². The van der Waals surface area contributed by atoms with Crippen LogP contribution in [0.15, 0.2) is 134 Å². The molecule has 0 bridgehead atoms. The second-order valence-corrected chi connectivity index (χ2v) is 16.6. The van der Waals surface area contributed by atoms with Gasteiger partial charge in [0, 0.05) is 35.7 Å². The Morgan fingerprint density at radius 2 is 0.920 bits per heavy atom. The van der Waals surface area contributed by atoms with Gasteiger partial charge in [-0.25, -0.2) is 0 Å². The predicted molar refractivity (Wildman–Crippen MR) is 212 cm³/mol. The minimum atomic E-state index is -1.09. The monoisotopic (exact) mass is 677 g/mol. The van der Waals surface area contributed by atoms with Crippen LogP contribution < -0.4 is 20.6 Å². The average molecular weight is 678 g/mol. The number of ketones is 1. The molecular formula is C46H50N2OP+. The highest BCUT2D eigenvalue weighted by molar-refractivity contribution is 7.79. The van der Waals surface area contributed by atoms with Crippen LogP contribution in [-0.2, 0) is 0 Å². The molecule has 0 atom stereocenters. The molecule has 0 saturated heterocycles. The topological polar surface area (TPSA) is 25.9 Å². The molecule has 0 N–H and O–H groups in total. The van der Waals surface area contributed by atoms with Crippen LogP contribution >= 0.6 is 7.92 Å². The number of benzene rings is 5. The van der Waals surface area contributed by atoms with Gasteiger partial charge >= 0.3 is 5.82 Å². The Balaban J connectivity index is 1.89. The molecule has 0 amide bonds. The van der Waals surface area contributed by atoms with Crippen LogP contribution in [0.3, 0.4) is 0 Å². The van der Waals surface area contributed by atoms with Crippen molar-refractivity contribution in [1.82, 2.24) is 4.57 Å². The van der Waals surface area contributed by atoms with E-state index in [1.165, 1.54) is 32.9 Å². The molecule has 254 valence electrons. The zero-order valence-corrected chi connectivity index (χ0v) is 31.7. The first kappa shape index (κ1) is 35.2. The lowest BCUT2D eigenvalue weighted by atomic mass is 9.92. The van der Waals surface area contributed by atoms with E-state index in [0.717, 1.165) is 16.8 Å². The van der Waals surface area contributed by atoms with Gasteiger partial charge in [-0.15, -0.1) is 0 Å². The first-order valence-electron chi connectivity index (χ1n) is 18.0. The molecule has 0 spiro atoms. The fourth-order valence-electron chi connectivity index (χ4n) is 7.06. The van der Waals surface area contributed by atoms with Crippen LogP contribution in [0.5, 0.6) is 0 Å². The summed E-state index contributed by atoms with van der Waals surface area (Å²) in [7, 11) is -1.09. The Morgan fingerprint density at radius 3 is 1.34 bits per heavy atom. The molecule has 0 aliphatic heterocycles. The minimum Gasteiger partial charge on any atom is -0.280 e. The summed E-state index contributed by atoms with van der Waals surface area (Å²) in [5.74, 6) is 1.65. The van der Waals surface area contributed by atoms with Crippen molar-refractivity contribution in [2.45, 2.75) is 79.1 Å². The van der Waals surface area contributed by atoms with Gasteiger partial charge in [-0.3, -0.25) is 4.79 Å². The number of para-hydroxylation sites is 2. The van der Waals surface area contributed by atoms with Crippen LogP contribution in [0, 0.1) is 0 Å². The molecule has 3 nitrogen and oxygen atoms in total. The molecule has 50 heavy (non-hydrogen) atoms. The molecule has 0 radical (unpaired) electrons. The summed E-state index contributed by atoms with van der Waals surface area (Å²) in [5.41, 5.74) is 8.98. The largest absolute Gasteiger partial charge is 0.341 e. The van der Waals surface area contributed by atoms with Crippen molar-refractivity contribution >= 4 is 29.7 Å². The summed E-state index contributed by atoms with van der Waals surface area (Å²) in [4.78, 5) is 15.4. The van der Waals surface area contributed by atoms with Crippen molar-refractivity contribution < 1.29 is 9.36 Å². The molecular weight excluding hydrogens is 627 g/mol. The van der Waals surface area contributed by atoms with Crippen LogP contribution in [0.2, 0.25) is 0 Å². The Hall–Kier alpha value is -4.59. The molecule has 0 aliphatic rings. The number of imidazole rings is 1. The van der Waals surface area contributed by atoms with Crippen molar-refractivity contribution in [3.8, 4) is 11.4 Å². The van der Waals surface area contributed by atoms with E-state index in [0.29, 0.717) is 11.4 Å². The van der Waals surface area contributed by atoms with E-state index in [-0.39, 0.29) is 29.5 Å². The lowest BCUT2D eigenvalue weighted by Gasteiger charge is -2.22. The molecule has 0 saturated carbocycles. The Labute approximate surface area is 300 Å². The van der Waals surface area contributed by atoms with Gasteiger partial charge in [-0.1, -0.05) is 183 Å².